The van der Waals surface area contributed by atoms with Gasteiger partial charge in [-0.2, -0.15) is 13.2 Å². The average molecular weight is 478 g/mol. The van der Waals surface area contributed by atoms with Gasteiger partial charge in [-0.05, 0) is 30.0 Å². The SMILES string of the molecule is O=C(NCC(O)CN1CCc2ccccc2C1)c1cncc(NC2CCN(CC(F)(F)F)C2)c1. The first-order valence-electron chi connectivity index (χ1n) is 11.5. The summed E-state index contributed by atoms with van der Waals surface area (Å²) in [6.45, 7) is 1.95. The molecule has 2 aromatic rings. The number of hydrogen-bond acceptors (Lipinski definition) is 6. The van der Waals surface area contributed by atoms with E-state index in [1.54, 1.807) is 12.3 Å². The van der Waals surface area contributed by atoms with Crippen LogP contribution in [0.25, 0.3) is 0 Å². The lowest BCUT2D eigenvalue weighted by molar-refractivity contribution is -0.143. The predicted molar refractivity (Wildman–Crippen MR) is 123 cm³/mol. The van der Waals surface area contributed by atoms with Crippen molar-refractivity contribution in [3.63, 3.8) is 0 Å². The highest BCUT2D eigenvalue weighted by Gasteiger charge is 2.34. The first-order valence-corrected chi connectivity index (χ1v) is 11.5. The largest absolute Gasteiger partial charge is 0.401 e. The fourth-order valence-electron chi connectivity index (χ4n) is 4.61. The molecule has 34 heavy (non-hydrogen) atoms. The van der Waals surface area contributed by atoms with Crippen LogP contribution in [0.3, 0.4) is 0 Å². The van der Waals surface area contributed by atoms with E-state index in [9.17, 15) is 23.1 Å². The van der Waals surface area contributed by atoms with Crippen molar-refractivity contribution in [3.8, 4) is 0 Å². The maximum Gasteiger partial charge on any atom is 0.401 e. The first-order chi connectivity index (χ1) is 16.2. The van der Waals surface area contributed by atoms with Crippen LogP contribution in [-0.2, 0) is 13.0 Å². The van der Waals surface area contributed by atoms with Crippen molar-refractivity contribution >= 4 is 11.6 Å². The van der Waals surface area contributed by atoms with E-state index in [4.69, 9.17) is 0 Å². The number of halogens is 3. The van der Waals surface area contributed by atoms with Gasteiger partial charge in [0.2, 0.25) is 0 Å². The second-order valence-corrected chi connectivity index (χ2v) is 9.06. The summed E-state index contributed by atoms with van der Waals surface area (Å²) >= 11 is 0. The number of pyridine rings is 1. The molecular formula is C24H30F3N5O2. The Morgan fingerprint density at radius 3 is 2.76 bits per heavy atom. The molecule has 7 nitrogen and oxygen atoms in total. The summed E-state index contributed by atoms with van der Waals surface area (Å²) in [6, 6.07) is 9.77. The van der Waals surface area contributed by atoms with Crippen molar-refractivity contribution in [1.82, 2.24) is 20.1 Å². The van der Waals surface area contributed by atoms with Crippen molar-refractivity contribution in [2.45, 2.75) is 37.7 Å². The maximum atomic E-state index is 12.6. The Hall–Kier alpha value is -2.69. The molecule has 3 N–H and O–H groups in total. The van der Waals surface area contributed by atoms with Crippen LogP contribution >= 0.6 is 0 Å². The molecule has 184 valence electrons. The minimum Gasteiger partial charge on any atom is -0.390 e. The number of rotatable bonds is 8. The number of carbonyl (C=O) groups is 1. The highest BCUT2D eigenvalue weighted by atomic mass is 19.4. The molecular weight excluding hydrogens is 447 g/mol. The zero-order valence-electron chi connectivity index (χ0n) is 18.9. The van der Waals surface area contributed by atoms with E-state index in [2.05, 4.69) is 32.7 Å². The minimum atomic E-state index is -4.21. The van der Waals surface area contributed by atoms with Crippen molar-refractivity contribution < 1.29 is 23.1 Å². The molecule has 0 radical (unpaired) electrons. The second kappa shape index (κ2) is 10.7. The van der Waals surface area contributed by atoms with Crippen molar-refractivity contribution in [2.75, 3.05) is 44.6 Å². The molecule has 0 spiro atoms. The Bertz CT molecular complexity index is 987. The first kappa shape index (κ1) is 24.4. The molecule has 1 aromatic heterocycles. The van der Waals surface area contributed by atoms with E-state index in [-0.39, 0.29) is 25.0 Å². The number of β-amino-alcohol motifs (C(OH)–C–C–N with tert-alkyl or cyclic N) is 1. The highest BCUT2D eigenvalue weighted by molar-refractivity contribution is 5.94. The third-order valence-electron chi connectivity index (χ3n) is 6.22. The number of carbonyl (C=O) groups excluding carboxylic acids is 1. The molecule has 0 saturated carbocycles. The zero-order valence-corrected chi connectivity index (χ0v) is 18.9. The van der Waals surface area contributed by atoms with Crippen LogP contribution in [-0.4, -0.2) is 83.4 Å². The molecule has 1 saturated heterocycles. The summed E-state index contributed by atoms with van der Waals surface area (Å²) in [5.74, 6) is -0.357. The lowest BCUT2D eigenvalue weighted by Crippen LogP contribution is -2.42. The summed E-state index contributed by atoms with van der Waals surface area (Å²) < 4.78 is 37.8. The van der Waals surface area contributed by atoms with E-state index >= 15 is 0 Å². The lowest BCUT2D eigenvalue weighted by Gasteiger charge is -2.30. The monoisotopic (exact) mass is 477 g/mol. The van der Waals surface area contributed by atoms with Crippen LogP contribution in [0.4, 0.5) is 18.9 Å². The van der Waals surface area contributed by atoms with Crippen molar-refractivity contribution in [1.29, 1.82) is 0 Å². The van der Waals surface area contributed by atoms with Gasteiger partial charge in [0.05, 0.1) is 23.9 Å². The number of anilines is 1. The maximum absolute atomic E-state index is 12.6. The van der Waals surface area contributed by atoms with Crippen LogP contribution in [0.2, 0.25) is 0 Å². The Morgan fingerprint density at radius 2 is 1.97 bits per heavy atom. The molecule has 1 amide bonds. The highest BCUT2D eigenvalue weighted by Crippen LogP contribution is 2.22. The second-order valence-electron chi connectivity index (χ2n) is 9.06. The van der Waals surface area contributed by atoms with E-state index in [1.807, 2.05) is 12.1 Å². The Labute approximate surface area is 197 Å². The van der Waals surface area contributed by atoms with Crippen LogP contribution in [0.5, 0.6) is 0 Å². The number of nitrogens with one attached hydrogen (secondary N) is 2. The van der Waals surface area contributed by atoms with Gasteiger partial charge in [0.25, 0.3) is 5.91 Å². The number of alkyl halides is 3. The van der Waals surface area contributed by atoms with E-state index in [0.717, 1.165) is 19.5 Å². The minimum absolute atomic E-state index is 0.115. The fraction of sp³-hybridized carbons (Fsp3) is 0.500. The third kappa shape index (κ3) is 6.91. The normalized spacial score (nSPS) is 20.1. The number of aliphatic hydroxyl groups excluding tert-OH is 1. The van der Waals surface area contributed by atoms with Gasteiger partial charge in [-0.25, -0.2) is 0 Å². The topological polar surface area (TPSA) is 80.7 Å². The molecule has 2 aliphatic rings. The number of benzene rings is 1. The summed E-state index contributed by atoms with van der Waals surface area (Å²) in [4.78, 5) is 20.2. The number of hydrogen-bond donors (Lipinski definition) is 3. The summed E-state index contributed by atoms with van der Waals surface area (Å²) in [5, 5.41) is 16.3. The van der Waals surface area contributed by atoms with Gasteiger partial charge in [-0.15, -0.1) is 0 Å². The smallest absolute Gasteiger partial charge is 0.390 e. The predicted octanol–water partition coefficient (Wildman–Crippen LogP) is 2.28. The third-order valence-corrected chi connectivity index (χ3v) is 6.22. The number of fused-ring (bicyclic) bond motifs is 1. The lowest BCUT2D eigenvalue weighted by atomic mass is 10.00. The molecule has 2 aliphatic heterocycles. The van der Waals surface area contributed by atoms with Crippen LogP contribution in [0, 0.1) is 0 Å². The number of nitrogens with zero attached hydrogens (tertiary/aromatic N) is 3. The molecule has 1 fully saturated rings. The Balaban J connectivity index is 1.23. The van der Waals surface area contributed by atoms with Gasteiger partial charge in [0.15, 0.2) is 0 Å². The number of aromatic nitrogens is 1. The quantitative estimate of drug-likeness (QED) is 0.542. The number of aliphatic hydroxyl groups is 1. The zero-order chi connectivity index (χ0) is 24.1. The van der Waals surface area contributed by atoms with Gasteiger partial charge < -0.3 is 15.7 Å². The van der Waals surface area contributed by atoms with Crippen LogP contribution in [0.15, 0.2) is 42.7 Å². The van der Waals surface area contributed by atoms with Crippen LogP contribution in [0.1, 0.15) is 27.9 Å². The van der Waals surface area contributed by atoms with Crippen LogP contribution < -0.4 is 10.6 Å². The summed E-state index contributed by atoms with van der Waals surface area (Å²) in [7, 11) is 0. The number of likely N-dealkylation sites (tertiary alicyclic amines) is 1. The van der Waals surface area contributed by atoms with E-state index in [1.165, 1.54) is 22.2 Å². The van der Waals surface area contributed by atoms with E-state index in [0.29, 0.717) is 30.8 Å². The van der Waals surface area contributed by atoms with Gasteiger partial charge in [-0.1, -0.05) is 24.3 Å². The Morgan fingerprint density at radius 1 is 1.18 bits per heavy atom. The molecule has 3 heterocycles. The Kier molecular flexibility index (Phi) is 7.70. The molecule has 0 bridgehead atoms. The molecule has 2 unspecified atom stereocenters. The summed E-state index contributed by atoms with van der Waals surface area (Å²) in [6.07, 6.45) is -0.417. The molecule has 0 aliphatic carbocycles. The molecule has 10 heteroatoms. The standard InChI is InChI=1S/C24H30F3N5O2/c25-24(26,27)16-32-8-6-20(14-32)30-21-9-19(10-28-11-21)23(34)29-12-22(33)15-31-7-5-17-3-1-2-4-18(17)13-31/h1-4,9-11,20,22,30,33H,5-8,12-16H2,(H,29,34). The van der Waals surface area contributed by atoms with E-state index < -0.39 is 18.8 Å². The molecule has 1 aromatic carbocycles. The van der Waals surface area contributed by atoms with Gasteiger partial charge in [-0.3, -0.25) is 19.6 Å². The fourth-order valence-corrected chi connectivity index (χ4v) is 4.61. The number of amides is 1. The van der Waals surface area contributed by atoms with Crippen molar-refractivity contribution in [3.05, 3.63) is 59.4 Å². The molecule has 2 atom stereocenters. The van der Waals surface area contributed by atoms with Gasteiger partial charge in [0, 0.05) is 57.7 Å². The van der Waals surface area contributed by atoms with Gasteiger partial charge in [0.1, 0.15) is 0 Å². The van der Waals surface area contributed by atoms with Gasteiger partial charge >= 0.3 is 6.18 Å². The summed E-state index contributed by atoms with van der Waals surface area (Å²) in [5.41, 5.74) is 3.52. The average Bonchev–Trinajstić information content (AvgIpc) is 3.22. The van der Waals surface area contributed by atoms with Crippen molar-refractivity contribution in [2.24, 2.45) is 0 Å². The molecule has 4 rings (SSSR count).